The van der Waals surface area contributed by atoms with E-state index in [-0.39, 0.29) is 5.91 Å². The molecular formula is C23H19ClN4O2. The van der Waals surface area contributed by atoms with Crippen LogP contribution < -0.4 is 10.1 Å². The van der Waals surface area contributed by atoms with Crippen LogP contribution in [0.5, 0.6) is 5.75 Å². The van der Waals surface area contributed by atoms with E-state index in [1.54, 1.807) is 31.4 Å². The number of carbonyl (C=O) groups excluding carboxylic acids is 1. The zero-order valence-corrected chi connectivity index (χ0v) is 17.0. The van der Waals surface area contributed by atoms with Gasteiger partial charge in [-0.2, -0.15) is 9.67 Å². The summed E-state index contributed by atoms with van der Waals surface area (Å²) in [6.45, 7) is 0.477. The second-order valence-corrected chi connectivity index (χ2v) is 6.99. The zero-order chi connectivity index (χ0) is 20.9. The first-order valence-corrected chi connectivity index (χ1v) is 9.71. The Morgan fingerprint density at radius 1 is 1.00 bits per heavy atom. The van der Waals surface area contributed by atoms with E-state index >= 15 is 0 Å². The lowest BCUT2D eigenvalue weighted by molar-refractivity contribution is 0.0947. The maximum Gasteiger partial charge on any atom is 0.281 e. The Morgan fingerprint density at radius 3 is 2.37 bits per heavy atom. The normalized spacial score (nSPS) is 10.6. The van der Waals surface area contributed by atoms with Crippen molar-refractivity contribution in [3.8, 4) is 17.1 Å². The Kier molecular flexibility index (Phi) is 5.77. The van der Waals surface area contributed by atoms with Crippen LogP contribution in [0.15, 0.2) is 78.9 Å². The quantitative estimate of drug-likeness (QED) is 0.482. The number of anilines is 1. The van der Waals surface area contributed by atoms with Crippen LogP contribution in [-0.4, -0.2) is 27.8 Å². The van der Waals surface area contributed by atoms with Gasteiger partial charge in [-0.05, 0) is 54.1 Å². The van der Waals surface area contributed by atoms with E-state index in [0.29, 0.717) is 28.9 Å². The van der Waals surface area contributed by atoms with E-state index in [1.165, 1.54) is 4.68 Å². The molecule has 6 nitrogen and oxygen atoms in total. The molecule has 4 rings (SSSR count). The molecule has 7 heteroatoms. The number of nitrogens with zero attached hydrogens (tertiary/aromatic N) is 3. The molecule has 1 N–H and O–H groups in total. The number of rotatable bonds is 6. The van der Waals surface area contributed by atoms with Crippen molar-refractivity contribution >= 4 is 23.5 Å². The molecule has 0 saturated carbocycles. The average Bonchev–Trinajstić information content (AvgIpc) is 3.23. The first-order valence-electron chi connectivity index (χ1n) is 9.33. The van der Waals surface area contributed by atoms with Gasteiger partial charge in [-0.15, -0.1) is 5.10 Å². The number of carbonyl (C=O) groups is 1. The van der Waals surface area contributed by atoms with E-state index in [0.717, 1.165) is 16.9 Å². The first kappa shape index (κ1) is 19.7. The fraction of sp³-hybridized carbons (Fsp3) is 0.0870. The van der Waals surface area contributed by atoms with Crippen molar-refractivity contribution in [2.45, 2.75) is 6.54 Å². The largest absolute Gasteiger partial charge is 0.497 e. The summed E-state index contributed by atoms with van der Waals surface area (Å²) < 4.78 is 6.49. The molecule has 0 fully saturated rings. The van der Waals surface area contributed by atoms with Gasteiger partial charge < -0.3 is 10.1 Å². The molecule has 0 spiro atoms. The fourth-order valence-electron chi connectivity index (χ4n) is 2.92. The Bertz CT molecular complexity index is 1140. The number of ether oxygens (including phenoxy) is 1. The van der Waals surface area contributed by atoms with Gasteiger partial charge >= 0.3 is 0 Å². The van der Waals surface area contributed by atoms with Crippen LogP contribution in [-0.2, 0) is 6.54 Å². The Hall–Kier alpha value is -3.64. The summed E-state index contributed by atoms with van der Waals surface area (Å²) >= 11 is 5.98. The number of hydrogen-bond acceptors (Lipinski definition) is 5. The minimum atomic E-state index is -0.263. The summed E-state index contributed by atoms with van der Waals surface area (Å²) in [7, 11) is 1.63. The van der Waals surface area contributed by atoms with Crippen molar-refractivity contribution < 1.29 is 9.53 Å². The summed E-state index contributed by atoms with van der Waals surface area (Å²) in [6, 6.07) is 23.8. The standard InChI is InChI=1S/C23H19ClN4O2/c1-30-20-13-7-16(8-14-20)15-25-23-26-21(17-9-11-19(24)12-10-17)27-28(23)22(29)18-5-3-2-4-6-18/h2-14H,15H2,1H3,(H,25,26,27). The third-order valence-corrected chi connectivity index (χ3v) is 4.78. The van der Waals surface area contributed by atoms with Crippen LogP contribution in [0.25, 0.3) is 11.4 Å². The summed E-state index contributed by atoms with van der Waals surface area (Å²) in [4.78, 5) is 17.6. The van der Waals surface area contributed by atoms with E-state index < -0.39 is 0 Å². The second-order valence-electron chi connectivity index (χ2n) is 6.55. The van der Waals surface area contributed by atoms with Crippen molar-refractivity contribution in [2.24, 2.45) is 0 Å². The number of halogens is 1. The van der Waals surface area contributed by atoms with Gasteiger partial charge in [-0.25, -0.2) is 0 Å². The highest BCUT2D eigenvalue weighted by atomic mass is 35.5. The minimum absolute atomic E-state index is 0.263. The molecule has 150 valence electrons. The lowest BCUT2D eigenvalue weighted by Gasteiger charge is -2.08. The van der Waals surface area contributed by atoms with Crippen molar-refractivity contribution in [1.82, 2.24) is 14.8 Å². The molecule has 0 radical (unpaired) electrons. The molecule has 0 saturated heterocycles. The summed E-state index contributed by atoms with van der Waals surface area (Å²) in [5.74, 6) is 1.32. The molecule has 0 aliphatic rings. The van der Waals surface area contributed by atoms with Crippen LogP contribution in [0.4, 0.5) is 5.95 Å². The van der Waals surface area contributed by atoms with Gasteiger partial charge in [0.2, 0.25) is 5.95 Å². The molecule has 0 bridgehead atoms. The molecule has 4 aromatic rings. The molecule has 0 atom stereocenters. The predicted octanol–water partition coefficient (Wildman–Crippen LogP) is 4.91. The molecule has 0 aliphatic heterocycles. The van der Waals surface area contributed by atoms with E-state index in [9.17, 15) is 4.79 Å². The Morgan fingerprint density at radius 2 is 1.70 bits per heavy atom. The van der Waals surface area contributed by atoms with Crippen LogP contribution in [0, 0.1) is 0 Å². The van der Waals surface area contributed by atoms with Crippen LogP contribution in [0.1, 0.15) is 15.9 Å². The highest BCUT2D eigenvalue weighted by Crippen LogP contribution is 2.22. The topological polar surface area (TPSA) is 69.0 Å². The van der Waals surface area contributed by atoms with E-state index in [1.807, 2.05) is 54.6 Å². The maximum absolute atomic E-state index is 13.0. The van der Waals surface area contributed by atoms with Crippen LogP contribution in [0.3, 0.4) is 0 Å². The van der Waals surface area contributed by atoms with E-state index in [4.69, 9.17) is 16.3 Å². The molecule has 0 unspecified atom stereocenters. The SMILES string of the molecule is COc1ccc(CNc2nc(-c3ccc(Cl)cc3)nn2C(=O)c2ccccc2)cc1. The fourth-order valence-corrected chi connectivity index (χ4v) is 3.04. The summed E-state index contributed by atoms with van der Waals surface area (Å²) in [5, 5.41) is 8.30. The van der Waals surface area contributed by atoms with E-state index in [2.05, 4.69) is 15.4 Å². The summed E-state index contributed by atoms with van der Waals surface area (Å²) in [5.41, 5.74) is 2.31. The number of hydrogen-bond donors (Lipinski definition) is 1. The average molecular weight is 419 g/mol. The monoisotopic (exact) mass is 418 g/mol. The highest BCUT2D eigenvalue weighted by Gasteiger charge is 2.18. The second kappa shape index (κ2) is 8.80. The molecule has 0 amide bonds. The molecule has 0 aliphatic carbocycles. The predicted molar refractivity (Wildman–Crippen MR) is 117 cm³/mol. The van der Waals surface area contributed by atoms with Crippen LogP contribution in [0.2, 0.25) is 5.02 Å². The third kappa shape index (κ3) is 4.34. The third-order valence-electron chi connectivity index (χ3n) is 4.53. The van der Waals surface area contributed by atoms with Gasteiger partial charge in [-0.1, -0.05) is 41.9 Å². The van der Waals surface area contributed by atoms with Gasteiger partial charge in [0, 0.05) is 22.7 Å². The lowest BCUT2D eigenvalue weighted by atomic mass is 10.2. The molecular weight excluding hydrogens is 400 g/mol. The zero-order valence-electron chi connectivity index (χ0n) is 16.2. The van der Waals surface area contributed by atoms with Gasteiger partial charge in [0.25, 0.3) is 5.91 Å². The lowest BCUT2D eigenvalue weighted by Crippen LogP contribution is -2.17. The summed E-state index contributed by atoms with van der Waals surface area (Å²) in [6.07, 6.45) is 0. The molecule has 1 heterocycles. The molecule has 30 heavy (non-hydrogen) atoms. The van der Waals surface area contributed by atoms with Gasteiger partial charge in [-0.3, -0.25) is 4.79 Å². The Labute approximate surface area is 179 Å². The van der Waals surface area contributed by atoms with Crippen molar-refractivity contribution in [3.05, 3.63) is 95.0 Å². The maximum atomic E-state index is 13.0. The number of aromatic nitrogens is 3. The van der Waals surface area contributed by atoms with Crippen molar-refractivity contribution in [1.29, 1.82) is 0 Å². The van der Waals surface area contributed by atoms with Crippen molar-refractivity contribution in [2.75, 3.05) is 12.4 Å². The van der Waals surface area contributed by atoms with Gasteiger partial charge in [0.15, 0.2) is 5.82 Å². The number of methoxy groups -OCH3 is 1. The number of nitrogens with one attached hydrogen (secondary N) is 1. The minimum Gasteiger partial charge on any atom is -0.497 e. The smallest absolute Gasteiger partial charge is 0.281 e. The number of benzene rings is 3. The Balaban J connectivity index is 1.65. The van der Waals surface area contributed by atoms with Gasteiger partial charge in [0.05, 0.1) is 7.11 Å². The highest BCUT2D eigenvalue weighted by molar-refractivity contribution is 6.30. The molecule has 3 aromatic carbocycles. The molecule has 1 aromatic heterocycles. The van der Waals surface area contributed by atoms with Crippen LogP contribution >= 0.6 is 11.6 Å². The van der Waals surface area contributed by atoms with Gasteiger partial charge in [0.1, 0.15) is 5.75 Å². The van der Waals surface area contributed by atoms with Crippen molar-refractivity contribution in [3.63, 3.8) is 0 Å². The first-order chi connectivity index (χ1) is 14.6.